The zero-order valence-corrected chi connectivity index (χ0v) is 18.4. The van der Waals surface area contributed by atoms with Crippen molar-refractivity contribution in [1.29, 1.82) is 0 Å². The number of aromatic nitrogens is 2. The highest BCUT2D eigenvalue weighted by Gasteiger charge is 2.52. The van der Waals surface area contributed by atoms with Crippen molar-refractivity contribution < 1.29 is 27.6 Å². The minimum atomic E-state index is -5.15. The number of halogens is 3. The molecule has 2 atom stereocenters. The third-order valence-electron chi connectivity index (χ3n) is 5.32. The minimum absolute atomic E-state index is 0.0264. The molecule has 33 heavy (non-hydrogen) atoms. The summed E-state index contributed by atoms with van der Waals surface area (Å²) in [5.74, 6) is -2.78. The van der Waals surface area contributed by atoms with Gasteiger partial charge in [-0.25, -0.2) is 4.79 Å². The third kappa shape index (κ3) is 4.08. The largest absolute Gasteiger partial charge is 0.471 e. The van der Waals surface area contributed by atoms with Crippen molar-refractivity contribution in [1.82, 2.24) is 19.4 Å². The summed E-state index contributed by atoms with van der Waals surface area (Å²) < 4.78 is 41.8. The molecule has 0 spiro atoms. The smallest absolute Gasteiger partial charge is 0.330 e. The van der Waals surface area contributed by atoms with Crippen LogP contribution in [0.4, 0.5) is 18.0 Å². The van der Waals surface area contributed by atoms with E-state index in [1.54, 1.807) is 50.5 Å². The Bertz CT molecular complexity index is 1230. The van der Waals surface area contributed by atoms with E-state index in [1.165, 1.54) is 28.1 Å². The van der Waals surface area contributed by atoms with Crippen LogP contribution < -0.4 is 0 Å². The molecule has 4 rings (SSSR count). The summed E-state index contributed by atoms with van der Waals surface area (Å²) in [5.41, 5.74) is 0.918. The second-order valence-electron chi connectivity index (χ2n) is 7.67. The summed E-state index contributed by atoms with van der Waals surface area (Å²) in [4.78, 5) is 44.4. The van der Waals surface area contributed by atoms with Gasteiger partial charge >= 0.3 is 18.1 Å². The summed E-state index contributed by atoms with van der Waals surface area (Å²) in [6, 6.07) is 7.98. The van der Waals surface area contributed by atoms with Gasteiger partial charge in [-0.2, -0.15) is 13.2 Å². The van der Waals surface area contributed by atoms with E-state index in [1.807, 2.05) is 0 Å². The molecule has 0 saturated carbocycles. The molecule has 11 heteroatoms. The average molecular weight is 476 g/mol. The maximum absolute atomic E-state index is 13.6. The molecule has 1 aromatic carbocycles. The number of hydrogen-bond donors (Lipinski definition) is 0. The molecule has 3 heterocycles. The predicted octanol–water partition coefficient (Wildman–Crippen LogP) is 3.95. The number of hydrogen-bond acceptors (Lipinski definition) is 5. The van der Waals surface area contributed by atoms with E-state index in [0.717, 1.165) is 11.8 Å². The molecule has 1 aliphatic heterocycles. The predicted molar refractivity (Wildman–Crippen MR) is 117 cm³/mol. The fraction of sp³-hybridized carbons (Fsp3) is 0.273. The molecule has 172 valence electrons. The Balaban J connectivity index is 1.79. The number of carbonyl (C=O) groups excluding carboxylic acids is 3. The number of alkyl halides is 3. The average Bonchev–Trinajstić information content (AvgIpc) is 3.40. The molecule has 2 amide bonds. The number of nitrogens with zero attached hydrogens (tertiary/aromatic N) is 4. The van der Waals surface area contributed by atoms with E-state index >= 15 is 0 Å². The van der Waals surface area contributed by atoms with Gasteiger partial charge in [0.25, 0.3) is 0 Å². The molecule has 2 aromatic heterocycles. The first-order valence-corrected chi connectivity index (χ1v) is 10.9. The number of rotatable bonds is 3. The van der Waals surface area contributed by atoms with Crippen molar-refractivity contribution in [2.75, 3.05) is 19.8 Å². The molecule has 0 bridgehead atoms. The molecule has 7 nitrogen and oxygen atoms in total. The fourth-order valence-electron chi connectivity index (χ4n) is 3.81. The molecule has 0 radical (unpaired) electrons. The van der Waals surface area contributed by atoms with Crippen LogP contribution in [-0.2, 0) is 4.79 Å². The first kappa shape index (κ1) is 22.8. The first-order valence-electron chi connectivity index (χ1n) is 9.88. The van der Waals surface area contributed by atoms with Gasteiger partial charge in [0.1, 0.15) is 11.4 Å². The number of para-hydroxylation sites is 1. The zero-order valence-electron chi connectivity index (χ0n) is 17.6. The van der Waals surface area contributed by atoms with Crippen molar-refractivity contribution in [3.8, 4) is 0 Å². The third-order valence-corrected chi connectivity index (χ3v) is 6.64. The van der Waals surface area contributed by atoms with E-state index in [4.69, 9.17) is 0 Å². The molecule has 3 aromatic rings. The quantitative estimate of drug-likeness (QED) is 0.535. The number of Topliss-reactive ketones (excluding diaryl/α,β-unsaturated/α-hetero) is 1. The van der Waals surface area contributed by atoms with E-state index < -0.39 is 35.3 Å². The van der Waals surface area contributed by atoms with Crippen LogP contribution in [0.2, 0.25) is 0 Å². The SMILES string of the molecule is CN(C)C(=O)n1cc(C(=O)[C@@H]2CS[C@@H](c3cccnc3)N2C(=O)C(F)(F)F)c2ccccc21. The highest BCUT2D eigenvalue weighted by molar-refractivity contribution is 7.99. The number of amides is 2. The Morgan fingerprint density at radius 1 is 1.12 bits per heavy atom. The molecule has 1 saturated heterocycles. The van der Waals surface area contributed by atoms with Gasteiger partial charge in [0.2, 0.25) is 0 Å². The Hall–Kier alpha value is -3.34. The molecular formula is C22H19F3N4O3S. The number of carbonyl (C=O) groups is 3. The van der Waals surface area contributed by atoms with Crippen LogP contribution in [0.3, 0.4) is 0 Å². The lowest BCUT2D eigenvalue weighted by molar-refractivity contribution is -0.187. The Kier molecular flexibility index (Phi) is 5.91. The second kappa shape index (κ2) is 8.54. The van der Waals surface area contributed by atoms with Crippen LogP contribution in [0.15, 0.2) is 55.0 Å². The van der Waals surface area contributed by atoms with Crippen molar-refractivity contribution in [3.05, 3.63) is 66.1 Å². The Morgan fingerprint density at radius 2 is 1.85 bits per heavy atom. The minimum Gasteiger partial charge on any atom is -0.330 e. The summed E-state index contributed by atoms with van der Waals surface area (Å²) >= 11 is 1.06. The van der Waals surface area contributed by atoms with Crippen LogP contribution in [-0.4, -0.2) is 69.1 Å². The highest BCUT2D eigenvalue weighted by atomic mass is 32.2. The van der Waals surface area contributed by atoms with E-state index in [-0.39, 0.29) is 11.3 Å². The van der Waals surface area contributed by atoms with Gasteiger partial charge in [0, 0.05) is 55.0 Å². The van der Waals surface area contributed by atoms with Gasteiger partial charge in [0.05, 0.1) is 5.52 Å². The van der Waals surface area contributed by atoms with Crippen LogP contribution in [0.1, 0.15) is 21.3 Å². The van der Waals surface area contributed by atoms with Gasteiger partial charge < -0.3 is 9.80 Å². The molecule has 1 aliphatic rings. The lowest BCUT2D eigenvalue weighted by atomic mass is 10.0. The van der Waals surface area contributed by atoms with Crippen LogP contribution in [0, 0.1) is 0 Å². The maximum Gasteiger partial charge on any atom is 0.471 e. The monoisotopic (exact) mass is 476 g/mol. The first-order chi connectivity index (χ1) is 15.6. The molecule has 1 fully saturated rings. The van der Waals surface area contributed by atoms with E-state index in [0.29, 0.717) is 21.4 Å². The van der Waals surface area contributed by atoms with E-state index in [2.05, 4.69) is 4.98 Å². The van der Waals surface area contributed by atoms with Gasteiger partial charge in [-0.05, 0) is 12.1 Å². The standard InChI is InChI=1S/C22H19F3N4O3S/c1-27(2)21(32)28-11-15(14-7-3-4-8-16(14)28)18(30)17-12-33-19(13-6-5-9-26-10-13)29(17)20(31)22(23,24)25/h3-11,17,19H,12H2,1-2H3/t17-,19-/m0/s1. The molecule has 0 aliphatic carbocycles. The summed E-state index contributed by atoms with van der Waals surface area (Å²) in [6.45, 7) is 0. The summed E-state index contributed by atoms with van der Waals surface area (Å²) in [6.07, 6.45) is -0.979. The highest BCUT2D eigenvalue weighted by Crippen LogP contribution is 2.44. The van der Waals surface area contributed by atoms with Crippen LogP contribution in [0.25, 0.3) is 10.9 Å². The van der Waals surface area contributed by atoms with E-state index in [9.17, 15) is 27.6 Å². The van der Waals surface area contributed by atoms with Crippen molar-refractivity contribution in [2.45, 2.75) is 17.6 Å². The molecular weight excluding hydrogens is 457 g/mol. The lowest BCUT2D eigenvalue weighted by Gasteiger charge is -2.29. The fourth-order valence-corrected chi connectivity index (χ4v) is 5.22. The van der Waals surface area contributed by atoms with Crippen LogP contribution >= 0.6 is 11.8 Å². The number of ketones is 1. The maximum atomic E-state index is 13.6. The van der Waals surface area contributed by atoms with Gasteiger partial charge in [-0.15, -0.1) is 11.8 Å². The Morgan fingerprint density at radius 3 is 2.48 bits per heavy atom. The number of pyridine rings is 1. The van der Waals surface area contributed by atoms with Gasteiger partial charge in [0.15, 0.2) is 5.78 Å². The van der Waals surface area contributed by atoms with Gasteiger partial charge in [-0.1, -0.05) is 24.3 Å². The zero-order chi connectivity index (χ0) is 23.9. The number of benzene rings is 1. The summed E-state index contributed by atoms with van der Waals surface area (Å²) in [7, 11) is 3.10. The second-order valence-corrected chi connectivity index (χ2v) is 8.78. The lowest BCUT2D eigenvalue weighted by Crippen LogP contribution is -2.48. The van der Waals surface area contributed by atoms with Crippen molar-refractivity contribution in [3.63, 3.8) is 0 Å². The van der Waals surface area contributed by atoms with Crippen LogP contribution in [0.5, 0.6) is 0 Å². The number of thioether (sulfide) groups is 1. The van der Waals surface area contributed by atoms with Crippen molar-refractivity contribution >= 4 is 40.4 Å². The van der Waals surface area contributed by atoms with Gasteiger partial charge in [-0.3, -0.25) is 19.1 Å². The van der Waals surface area contributed by atoms with Crippen molar-refractivity contribution in [2.24, 2.45) is 0 Å². The number of fused-ring (bicyclic) bond motifs is 1. The summed E-state index contributed by atoms with van der Waals surface area (Å²) in [5, 5.41) is -0.592. The normalized spacial score (nSPS) is 18.5. The topological polar surface area (TPSA) is 75.5 Å². The molecule has 0 N–H and O–H groups in total. The Labute approximate surface area is 191 Å². The molecule has 0 unspecified atom stereocenters.